The van der Waals surface area contributed by atoms with Gasteiger partial charge in [-0.25, -0.2) is 0 Å². The Morgan fingerprint density at radius 1 is 1.07 bits per heavy atom. The van der Waals surface area contributed by atoms with Crippen molar-refractivity contribution in [1.29, 1.82) is 0 Å². The Hall–Kier alpha value is -2.28. The number of carbonyl (C=O) groups is 1. The van der Waals surface area contributed by atoms with Crippen LogP contribution in [0.15, 0.2) is 54.6 Å². The van der Waals surface area contributed by atoms with E-state index < -0.39 is 6.04 Å². The second-order valence-corrected chi connectivity index (χ2v) is 7.33. The van der Waals surface area contributed by atoms with E-state index in [1.807, 2.05) is 54.6 Å². The number of likely N-dealkylation sites (N-methyl/N-ethyl adjacent to an activating group) is 1. The van der Waals surface area contributed by atoms with Gasteiger partial charge < -0.3 is 24.8 Å². The van der Waals surface area contributed by atoms with E-state index in [1.54, 1.807) is 11.9 Å². The maximum Gasteiger partial charge on any atom is 0.239 e. The lowest BCUT2D eigenvalue weighted by Gasteiger charge is -2.29. The third-order valence-corrected chi connectivity index (χ3v) is 5.20. The maximum atomic E-state index is 12.5. The topological polar surface area (TPSA) is 74.0 Å². The van der Waals surface area contributed by atoms with Crippen LogP contribution in [0.25, 0.3) is 0 Å². The van der Waals surface area contributed by atoms with Crippen LogP contribution < -0.4 is 15.2 Å². The summed E-state index contributed by atoms with van der Waals surface area (Å²) in [5.41, 5.74) is 7.29. The monoisotopic (exact) mass is 434 g/mol. The molecule has 0 bridgehead atoms. The number of nitrogens with two attached hydrogens (primary N) is 1. The first kappa shape index (κ1) is 24.0. The van der Waals surface area contributed by atoms with Crippen molar-refractivity contribution >= 4 is 18.3 Å². The fraction of sp³-hybridized carbons (Fsp3) is 0.435. The lowest BCUT2D eigenvalue weighted by Crippen LogP contribution is -2.48. The number of carbonyl (C=O) groups excluding carboxylic acids is 1. The van der Waals surface area contributed by atoms with E-state index in [9.17, 15) is 4.79 Å². The summed E-state index contributed by atoms with van der Waals surface area (Å²) in [5.74, 6) is 1.69. The predicted octanol–water partition coefficient (Wildman–Crippen LogP) is 3.28. The van der Waals surface area contributed by atoms with Gasteiger partial charge in [-0.3, -0.25) is 4.79 Å². The van der Waals surface area contributed by atoms with Crippen LogP contribution in [-0.4, -0.2) is 50.3 Å². The second-order valence-electron chi connectivity index (χ2n) is 7.33. The molecule has 2 aromatic carbocycles. The van der Waals surface area contributed by atoms with E-state index in [0.717, 1.165) is 29.9 Å². The molecule has 30 heavy (non-hydrogen) atoms. The smallest absolute Gasteiger partial charge is 0.239 e. The van der Waals surface area contributed by atoms with Crippen LogP contribution in [-0.2, 0) is 16.1 Å². The zero-order chi connectivity index (χ0) is 20.5. The molecule has 1 amide bonds. The average molecular weight is 435 g/mol. The van der Waals surface area contributed by atoms with Crippen LogP contribution in [0.1, 0.15) is 18.4 Å². The first-order valence-electron chi connectivity index (χ1n) is 10.1. The fourth-order valence-electron chi connectivity index (χ4n) is 3.31. The molecule has 0 saturated carbocycles. The number of rotatable bonds is 9. The van der Waals surface area contributed by atoms with Crippen LogP contribution >= 0.6 is 12.4 Å². The molecule has 1 aliphatic rings. The normalized spacial score (nSPS) is 15.0. The first-order chi connectivity index (χ1) is 14.1. The van der Waals surface area contributed by atoms with Gasteiger partial charge in [0, 0.05) is 20.3 Å². The molecule has 3 rings (SSSR count). The third kappa shape index (κ3) is 7.20. The molecule has 0 spiro atoms. The molecule has 0 aromatic heterocycles. The second kappa shape index (κ2) is 12.4. The molecule has 164 valence electrons. The van der Waals surface area contributed by atoms with Crippen molar-refractivity contribution < 1.29 is 19.0 Å². The SMILES string of the molecule is CN(CCOc1ccc(OCc2ccccc2)cc1)C(=O)C(N)C1CCOCC1.Cl. The van der Waals surface area contributed by atoms with E-state index in [4.69, 9.17) is 19.9 Å². The Morgan fingerprint density at radius 3 is 2.30 bits per heavy atom. The minimum Gasteiger partial charge on any atom is -0.492 e. The summed E-state index contributed by atoms with van der Waals surface area (Å²) >= 11 is 0. The van der Waals surface area contributed by atoms with E-state index in [1.165, 1.54) is 0 Å². The molecular formula is C23H31ClN2O4. The van der Waals surface area contributed by atoms with Crippen LogP contribution in [0.2, 0.25) is 0 Å². The molecule has 2 N–H and O–H groups in total. The van der Waals surface area contributed by atoms with Crippen molar-refractivity contribution in [1.82, 2.24) is 4.90 Å². The minimum absolute atomic E-state index is 0. The minimum atomic E-state index is -0.468. The third-order valence-electron chi connectivity index (χ3n) is 5.20. The summed E-state index contributed by atoms with van der Waals surface area (Å²) in [6.07, 6.45) is 1.69. The van der Waals surface area contributed by atoms with E-state index >= 15 is 0 Å². The van der Waals surface area contributed by atoms with Crippen LogP contribution in [0.3, 0.4) is 0 Å². The number of halogens is 1. The zero-order valence-electron chi connectivity index (χ0n) is 17.4. The summed E-state index contributed by atoms with van der Waals surface area (Å²) in [7, 11) is 1.77. The molecule has 0 aliphatic carbocycles. The van der Waals surface area contributed by atoms with Crippen molar-refractivity contribution in [2.24, 2.45) is 11.7 Å². The van der Waals surface area contributed by atoms with Crippen LogP contribution in [0.4, 0.5) is 0 Å². The van der Waals surface area contributed by atoms with Gasteiger partial charge in [0.15, 0.2) is 0 Å². The van der Waals surface area contributed by atoms with Gasteiger partial charge in [-0.2, -0.15) is 0 Å². The van der Waals surface area contributed by atoms with Crippen molar-refractivity contribution in [3.8, 4) is 11.5 Å². The van der Waals surface area contributed by atoms with Crippen LogP contribution in [0, 0.1) is 5.92 Å². The van der Waals surface area contributed by atoms with Gasteiger partial charge in [0.2, 0.25) is 5.91 Å². The van der Waals surface area contributed by atoms with Gasteiger partial charge in [-0.05, 0) is 48.6 Å². The highest BCUT2D eigenvalue weighted by molar-refractivity contribution is 5.85. The highest BCUT2D eigenvalue weighted by Gasteiger charge is 2.28. The zero-order valence-corrected chi connectivity index (χ0v) is 18.2. The van der Waals surface area contributed by atoms with Gasteiger partial charge in [0.05, 0.1) is 12.6 Å². The Balaban J connectivity index is 0.00000320. The quantitative estimate of drug-likeness (QED) is 0.655. The van der Waals surface area contributed by atoms with Crippen molar-refractivity contribution in [3.05, 3.63) is 60.2 Å². The Morgan fingerprint density at radius 2 is 1.67 bits per heavy atom. The lowest BCUT2D eigenvalue weighted by atomic mass is 9.91. The molecule has 1 aliphatic heterocycles. The van der Waals surface area contributed by atoms with E-state index in [-0.39, 0.29) is 24.2 Å². The number of hydrogen-bond donors (Lipinski definition) is 1. The molecule has 2 aromatic rings. The molecule has 1 unspecified atom stereocenters. The average Bonchev–Trinajstić information content (AvgIpc) is 2.78. The summed E-state index contributed by atoms with van der Waals surface area (Å²) in [4.78, 5) is 14.2. The predicted molar refractivity (Wildman–Crippen MR) is 119 cm³/mol. The highest BCUT2D eigenvalue weighted by atomic mass is 35.5. The van der Waals surface area contributed by atoms with Gasteiger partial charge >= 0.3 is 0 Å². The van der Waals surface area contributed by atoms with Crippen LogP contribution in [0.5, 0.6) is 11.5 Å². The number of benzene rings is 2. The van der Waals surface area contributed by atoms with Gasteiger partial charge in [0.1, 0.15) is 24.7 Å². The molecule has 1 saturated heterocycles. The maximum absolute atomic E-state index is 12.5. The Kier molecular flexibility index (Phi) is 9.94. The summed E-state index contributed by atoms with van der Waals surface area (Å²) in [5, 5.41) is 0. The molecule has 7 heteroatoms. The summed E-state index contributed by atoms with van der Waals surface area (Å²) in [6.45, 7) is 2.79. The highest BCUT2D eigenvalue weighted by Crippen LogP contribution is 2.20. The molecular weight excluding hydrogens is 404 g/mol. The van der Waals surface area contributed by atoms with Gasteiger partial charge in [0.25, 0.3) is 0 Å². The Labute approximate surface area is 184 Å². The van der Waals surface area contributed by atoms with Gasteiger partial charge in [-0.15, -0.1) is 12.4 Å². The van der Waals surface area contributed by atoms with Crippen molar-refractivity contribution in [2.75, 3.05) is 33.4 Å². The summed E-state index contributed by atoms with van der Waals surface area (Å²) < 4.78 is 16.9. The largest absolute Gasteiger partial charge is 0.492 e. The molecule has 1 heterocycles. The molecule has 1 fully saturated rings. The van der Waals surface area contributed by atoms with Gasteiger partial charge in [-0.1, -0.05) is 30.3 Å². The van der Waals surface area contributed by atoms with Crippen molar-refractivity contribution in [3.63, 3.8) is 0 Å². The number of ether oxygens (including phenoxy) is 3. The number of hydrogen-bond acceptors (Lipinski definition) is 5. The standard InChI is InChI=1S/C23H30N2O4.ClH/c1-25(23(26)22(24)19-11-14-27-15-12-19)13-16-28-20-7-9-21(10-8-20)29-17-18-5-3-2-4-6-18;/h2-10,19,22H,11-17,24H2,1H3;1H. The van der Waals surface area contributed by atoms with E-state index in [2.05, 4.69) is 0 Å². The molecule has 0 radical (unpaired) electrons. The number of amides is 1. The Bertz CT molecular complexity index is 752. The lowest BCUT2D eigenvalue weighted by molar-refractivity contribution is -0.133. The molecule has 1 atom stereocenters. The molecule has 6 nitrogen and oxygen atoms in total. The number of nitrogens with zero attached hydrogens (tertiary/aromatic N) is 1. The first-order valence-corrected chi connectivity index (χ1v) is 10.1. The fourth-order valence-corrected chi connectivity index (χ4v) is 3.31. The van der Waals surface area contributed by atoms with Crippen molar-refractivity contribution in [2.45, 2.75) is 25.5 Å². The van der Waals surface area contributed by atoms with E-state index in [0.29, 0.717) is 33.0 Å². The summed E-state index contributed by atoms with van der Waals surface area (Å²) in [6, 6.07) is 17.1.